The summed E-state index contributed by atoms with van der Waals surface area (Å²) in [4.78, 5) is 0. The van der Waals surface area contributed by atoms with E-state index in [1.165, 1.54) is 25.7 Å². The molecule has 2 rings (SSSR count). The van der Waals surface area contributed by atoms with Gasteiger partial charge in [0.1, 0.15) is 11.5 Å². The molecule has 0 aliphatic heterocycles. The van der Waals surface area contributed by atoms with Crippen LogP contribution in [0.25, 0.3) is 11.1 Å². The van der Waals surface area contributed by atoms with Crippen molar-refractivity contribution in [1.29, 1.82) is 0 Å². The monoisotopic (exact) mass is 356 g/mol. The Kier molecular flexibility index (Phi) is 9.05. The van der Waals surface area contributed by atoms with Crippen molar-refractivity contribution in [2.24, 2.45) is 0 Å². The van der Waals surface area contributed by atoms with Gasteiger partial charge in [-0.25, -0.2) is 0 Å². The molecule has 0 saturated carbocycles. The summed E-state index contributed by atoms with van der Waals surface area (Å²) in [6, 6.07) is 16.3. The minimum absolute atomic E-state index is 0.157. The molecule has 0 aliphatic rings. The zero-order chi connectivity index (χ0) is 18.6. The Balaban J connectivity index is 1.84. The summed E-state index contributed by atoms with van der Waals surface area (Å²) in [5.41, 5.74) is 2.31. The van der Waals surface area contributed by atoms with E-state index in [2.05, 4.69) is 38.1 Å². The van der Waals surface area contributed by atoms with Crippen LogP contribution in [0.15, 0.2) is 48.5 Å². The molecule has 0 aromatic heterocycles. The van der Waals surface area contributed by atoms with Crippen LogP contribution in [0.1, 0.15) is 52.4 Å². The number of ether oxygens (including phenoxy) is 2. The van der Waals surface area contributed by atoms with Gasteiger partial charge in [0, 0.05) is 13.0 Å². The predicted octanol–water partition coefficient (Wildman–Crippen LogP) is 5.85. The number of unbranched alkanes of at least 4 members (excludes halogenated alkanes) is 3. The summed E-state index contributed by atoms with van der Waals surface area (Å²) in [5, 5.41) is 8.79. The summed E-state index contributed by atoms with van der Waals surface area (Å²) in [7, 11) is 0. The highest BCUT2D eigenvalue weighted by atomic mass is 16.5. The number of hydrogen-bond acceptors (Lipinski definition) is 3. The fourth-order valence-electron chi connectivity index (χ4n) is 2.87. The summed E-state index contributed by atoms with van der Waals surface area (Å²) < 4.78 is 11.6. The molecule has 0 fully saturated rings. The van der Waals surface area contributed by atoms with E-state index in [9.17, 15) is 0 Å². The molecule has 0 saturated heterocycles. The van der Waals surface area contributed by atoms with Gasteiger partial charge >= 0.3 is 0 Å². The van der Waals surface area contributed by atoms with Crippen molar-refractivity contribution >= 4 is 0 Å². The minimum Gasteiger partial charge on any atom is -0.494 e. The van der Waals surface area contributed by atoms with E-state index in [-0.39, 0.29) is 12.7 Å². The van der Waals surface area contributed by atoms with Crippen molar-refractivity contribution in [3.8, 4) is 22.6 Å². The highest BCUT2D eigenvalue weighted by molar-refractivity contribution is 5.64. The fraction of sp³-hybridized carbons (Fsp3) is 0.478. The first-order valence-electron chi connectivity index (χ1n) is 9.83. The van der Waals surface area contributed by atoms with Crippen LogP contribution < -0.4 is 9.47 Å². The Morgan fingerprint density at radius 3 is 2.00 bits per heavy atom. The van der Waals surface area contributed by atoms with Gasteiger partial charge in [0.05, 0.1) is 12.7 Å². The van der Waals surface area contributed by atoms with Crippen molar-refractivity contribution in [3.05, 3.63) is 48.5 Å². The van der Waals surface area contributed by atoms with Crippen LogP contribution in [-0.2, 0) is 0 Å². The molecule has 3 heteroatoms. The average molecular weight is 357 g/mol. The highest BCUT2D eigenvalue weighted by Gasteiger charge is 2.05. The van der Waals surface area contributed by atoms with Crippen molar-refractivity contribution in [2.75, 3.05) is 13.2 Å². The Morgan fingerprint density at radius 1 is 0.808 bits per heavy atom. The predicted molar refractivity (Wildman–Crippen MR) is 108 cm³/mol. The van der Waals surface area contributed by atoms with Crippen LogP contribution in [0.3, 0.4) is 0 Å². The van der Waals surface area contributed by atoms with Gasteiger partial charge in [0.25, 0.3) is 0 Å². The lowest BCUT2D eigenvalue weighted by Gasteiger charge is -2.15. The van der Waals surface area contributed by atoms with E-state index in [4.69, 9.17) is 14.6 Å². The largest absolute Gasteiger partial charge is 0.494 e. The van der Waals surface area contributed by atoms with Crippen LogP contribution >= 0.6 is 0 Å². The minimum atomic E-state index is 0.157. The lowest BCUT2D eigenvalue weighted by molar-refractivity contribution is 0.206. The summed E-state index contributed by atoms with van der Waals surface area (Å²) in [6.07, 6.45) is 7.13. The Bertz CT molecular complexity index is 604. The van der Waals surface area contributed by atoms with E-state index >= 15 is 0 Å². The Labute approximate surface area is 158 Å². The second-order valence-electron chi connectivity index (χ2n) is 6.75. The fourth-order valence-corrected chi connectivity index (χ4v) is 2.87. The van der Waals surface area contributed by atoms with Gasteiger partial charge in [-0.2, -0.15) is 0 Å². The van der Waals surface area contributed by atoms with Crippen LogP contribution in [0.5, 0.6) is 11.5 Å². The first-order chi connectivity index (χ1) is 12.7. The third-order valence-corrected chi connectivity index (χ3v) is 4.41. The first kappa shape index (κ1) is 20.3. The van der Waals surface area contributed by atoms with Gasteiger partial charge in [0.15, 0.2) is 0 Å². The molecule has 0 spiro atoms. The van der Waals surface area contributed by atoms with Crippen LogP contribution in [0.2, 0.25) is 0 Å². The summed E-state index contributed by atoms with van der Waals surface area (Å²) in [6.45, 7) is 5.08. The van der Waals surface area contributed by atoms with Gasteiger partial charge < -0.3 is 14.6 Å². The maximum atomic E-state index is 8.79. The topological polar surface area (TPSA) is 38.7 Å². The molecular formula is C23H32O3. The number of benzene rings is 2. The summed E-state index contributed by atoms with van der Waals surface area (Å²) >= 11 is 0. The molecule has 3 nitrogen and oxygen atoms in total. The second kappa shape index (κ2) is 11.6. The van der Waals surface area contributed by atoms with Gasteiger partial charge in [-0.05, 0) is 55.2 Å². The molecule has 0 unspecified atom stereocenters. The van der Waals surface area contributed by atoms with E-state index in [1.54, 1.807) is 0 Å². The second-order valence-corrected chi connectivity index (χ2v) is 6.75. The van der Waals surface area contributed by atoms with Crippen LogP contribution in [0.4, 0.5) is 0 Å². The van der Waals surface area contributed by atoms with Gasteiger partial charge in [-0.3, -0.25) is 0 Å². The van der Waals surface area contributed by atoms with Gasteiger partial charge in [-0.1, -0.05) is 50.5 Å². The maximum Gasteiger partial charge on any atom is 0.119 e. The van der Waals surface area contributed by atoms with E-state index in [0.29, 0.717) is 13.0 Å². The molecule has 2 aromatic rings. The van der Waals surface area contributed by atoms with Crippen molar-refractivity contribution in [3.63, 3.8) is 0 Å². The number of hydrogen-bond donors (Lipinski definition) is 1. The molecule has 0 bridgehead atoms. The van der Waals surface area contributed by atoms with E-state index < -0.39 is 0 Å². The first-order valence-corrected chi connectivity index (χ1v) is 9.83. The lowest BCUT2D eigenvalue weighted by Crippen LogP contribution is -2.11. The Morgan fingerprint density at radius 2 is 1.42 bits per heavy atom. The number of rotatable bonds is 12. The van der Waals surface area contributed by atoms with Crippen molar-refractivity contribution < 1.29 is 14.6 Å². The van der Waals surface area contributed by atoms with Gasteiger partial charge in [-0.15, -0.1) is 0 Å². The molecule has 0 amide bonds. The van der Waals surface area contributed by atoms with Crippen LogP contribution in [0, 0.1) is 0 Å². The van der Waals surface area contributed by atoms with Gasteiger partial charge in [0.2, 0.25) is 0 Å². The van der Waals surface area contributed by atoms with Crippen molar-refractivity contribution in [2.45, 2.75) is 58.5 Å². The highest BCUT2D eigenvalue weighted by Crippen LogP contribution is 2.25. The molecular weight excluding hydrogens is 324 g/mol. The van der Waals surface area contributed by atoms with Crippen molar-refractivity contribution in [1.82, 2.24) is 0 Å². The average Bonchev–Trinajstić information content (AvgIpc) is 2.67. The molecule has 0 heterocycles. The zero-order valence-electron chi connectivity index (χ0n) is 16.1. The number of aliphatic hydroxyl groups excluding tert-OH is 1. The lowest BCUT2D eigenvalue weighted by atomic mass is 10.1. The Hall–Kier alpha value is -2.00. The maximum absolute atomic E-state index is 8.79. The molecule has 0 radical (unpaired) electrons. The zero-order valence-corrected chi connectivity index (χ0v) is 16.1. The van der Waals surface area contributed by atoms with Crippen LogP contribution in [-0.4, -0.2) is 24.4 Å². The molecule has 0 aliphatic carbocycles. The molecule has 26 heavy (non-hydrogen) atoms. The van der Waals surface area contributed by atoms with E-state index in [0.717, 1.165) is 29.0 Å². The van der Waals surface area contributed by atoms with E-state index in [1.807, 2.05) is 24.3 Å². The normalized spacial score (nSPS) is 12.0. The number of aliphatic hydroxyl groups is 1. The molecule has 2 aromatic carbocycles. The third kappa shape index (κ3) is 7.09. The summed E-state index contributed by atoms with van der Waals surface area (Å²) in [5.74, 6) is 1.76. The smallest absolute Gasteiger partial charge is 0.119 e. The standard InChI is InChI=1S/C23H32O3/c1-3-4-5-6-8-19(2)26-23-15-11-21(12-16-23)20-9-13-22(14-10-20)25-18-7-17-24/h9-16,19,24H,3-8,17-18H2,1-2H3/t19-/m0/s1. The quantitative estimate of drug-likeness (QED) is 0.485. The molecule has 142 valence electrons. The third-order valence-electron chi connectivity index (χ3n) is 4.41. The molecule has 1 N–H and O–H groups in total. The SMILES string of the molecule is CCCCCC[C@H](C)Oc1ccc(-c2ccc(OCCCO)cc2)cc1. The molecule has 1 atom stereocenters.